The lowest BCUT2D eigenvalue weighted by molar-refractivity contribution is -0.136. The number of unbranched alkanes of at least 4 members (excludes halogenated alkanes) is 15. The Morgan fingerprint density at radius 1 is 0.714 bits per heavy atom. The first-order chi connectivity index (χ1) is 16.6. The van der Waals surface area contributed by atoms with Crippen molar-refractivity contribution in [2.75, 3.05) is 0 Å². The van der Waals surface area contributed by atoms with Gasteiger partial charge in [-0.25, -0.2) is 0 Å². The van der Waals surface area contributed by atoms with Crippen LogP contribution in [-0.2, 0) is 16.6 Å². The highest BCUT2D eigenvalue weighted by molar-refractivity contribution is 5.67. The van der Waals surface area contributed by atoms with Gasteiger partial charge in [0, 0.05) is 6.42 Å². The molecule has 3 nitrogen and oxygen atoms in total. The lowest BCUT2D eigenvalue weighted by Gasteiger charge is -2.22. The molecule has 1 rings (SSSR count). The molecule has 0 fully saturated rings. The van der Waals surface area contributed by atoms with Crippen LogP contribution < -0.4 is 0 Å². The normalized spacial score (nSPS) is 11.3. The van der Waals surface area contributed by atoms with E-state index < -0.39 is 5.97 Å². The van der Waals surface area contributed by atoms with Crippen molar-refractivity contribution in [3.05, 3.63) is 28.8 Å². The maximum absolute atomic E-state index is 10.6. The molecule has 0 saturated heterocycles. The van der Waals surface area contributed by atoms with Crippen LogP contribution in [0.5, 0.6) is 5.75 Å². The number of hydrogen-bond acceptors (Lipinski definition) is 2. The number of benzene rings is 1. The fourth-order valence-electron chi connectivity index (χ4n) is 4.44. The van der Waals surface area contributed by atoms with Gasteiger partial charge in [-0.1, -0.05) is 149 Å². The third-order valence-corrected chi connectivity index (χ3v) is 6.75. The maximum Gasteiger partial charge on any atom is 0.303 e. The number of carboxylic acid groups (broad SMARTS) is 1. The molecule has 0 aliphatic rings. The molecule has 0 saturated carbocycles. The zero-order valence-corrected chi connectivity index (χ0v) is 24.2. The zero-order valence-electron chi connectivity index (χ0n) is 24.2. The van der Waals surface area contributed by atoms with E-state index in [0.29, 0.717) is 12.2 Å². The Balaban J connectivity index is 0.000000661. The second kappa shape index (κ2) is 20.7. The van der Waals surface area contributed by atoms with Crippen LogP contribution in [0.1, 0.15) is 160 Å². The minimum Gasteiger partial charge on any atom is -0.507 e. The molecule has 35 heavy (non-hydrogen) atoms. The van der Waals surface area contributed by atoms with E-state index in [0.717, 1.165) is 16.7 Å². The number of phenols is 1. The van der Waals surface area contributed by atoms with Crippen molar-refractivity contribution < 1.29 is 15.0 Å². The monoisotopic (exact) mass is 490 g/mol. The quantitative estimate of drug-likeness (QED) is 0.201. The van der Waals surface area contributed by atoms with Crippen LogP contribution in [0.3, 0.4) is 0 Å². The van der Waals surface area contributed by atoms with Crippen LogP contribution in [0.4, 0.5) is 0 Å². The fraction of sp³-hybridized carbons (Fsp3) is 0.781. The first-order valence-corrected chi connectivity index (χ1v) is 14.7. The summed E-state index contributed by atoms with van der Waals surface area (Å²) in [5, 5.41) is 18.7. The lowest BCUT2D eigenvalue weighted by atomic mass is 9.83. The molecule has 0 atom stereocenters. The molecular formula is C32H58O3. The molecule has 3 heteroatoms. The molecule has 204 valence electrons. The molecule has 1 aromatic carbocycles. The summed E-state index contributed by atoms with van der Waals surface area (Å²) in [5.41, 5.74) is 2.50. The number of phenolic OH excluding ortho intramolecular Hbond substituents is 1. The van der Waals surface area contributed by atoms with E-state index >= 15 is 0 Å². The predicted molar refractivity (Wildman–Crippen MR) is 153 cm³/mol. The molecule has 0 radical (unpaired) electrons. The molecule has 0 spiro atoms. The van der Waals surface area contributed by atoms with Crippen LogP contribution in [0.15, 0.2) is 12.1 Å². The van der Waals surface area contributed by atoms with Crippen LogP contribution in [0, 0.1) is 6.92 Å². The molecule has 0 aliphatic carbocycles. The molecule has 2 N–H and O–H groups in total. The third kappa shape index (κ3) is 18.4. The Bertz CT molecular complexity index is 642. The van der Waals surface area contributed by atoms with Crippen LogP contribution >= 0.6 is 0 Å². The predicted octanol–water partition coefficient (Wildman–Crippen LogP) is 10.3. The van der Waals surface area contributed by atoms with Gasteiger partial charge in [0.05, 0.1) is 0 Å². The van der Waals surface area contributed by atoms with Crippen LogP contribution in [-0.4, -0.2) is 16.2 Å². The van der Waals surface area contributed by atoms with E-state index in [9.17, 15) is 9.90 Å². The van der Waals surface area contributed by atoms with E-state index in [1.165, 1.54) is 103 Å². The van der Waals surface area contributed by atoms with Gasteiger partial charge in [-0.3, -0.25) is 4.79 Å². The number of carboxylic acids is 1. The Labute approximate surface area is 218 Å². The third-order valence-electron chi connectivity index (χ3n) is 6.75. The summed E-state index contributed by atoms with van der Waals surface area (Å²) in [5.74, 6) is -0.482. The van der Waals surface area contributed by atoms with Gasteiger partial charge in [-0.15, -0.1) is 0 Å². The van der Waals surface area contributed by atoms with E-state index in [1.807, 2.05) is 39.8 Å². The summed E-state index contributed by atoms with van der Waals surface area (Å²) in [6.45, 7) is 12.5. The van der Waals surface area contributed by atoms with Gasteiger partial charge in [-0.2, -0.15) is 0 Å². The summed E-state index contributed by atoms with van der Waals surface area (Å²) in [7, 11) is 0. The molecule has 0 bridgehead atoms. The number of aliphatic carboxylic acids is 1. The summed E-state index contributed by atoms with van der Waals surface area (Å²) < 4.78 is 0. The second-order valence-corrected chi connectivity index (χ2v) is 11.4. The van der Waals surface area contributed by atoms with Crippen molar-refractivity contribution in [2.45, 2.75) is 163 Å². The minimum atomic E-state index is -0.798. The smallest absolute Gasteiger partial charge is 0.303 e. The average molecular weight is 491 g/mol. The van der Waals surface area contributed by atoms with Gasteiger partial charge in [0.1, 0.15) is 5.75 Å². The molecule has 0 aromatic heterocycles. The average Bonchev–Trinajstić information content (AvgIpc) is 2.79. The summed E-state index contributed by atoms with van der Waals surface area (Å²) in [4.78, 5) is 10.6. The maximum atomic E-state index is 10.6. The highest BCUT2D eigenvalue weighted by Gasteiger charge is 2.20. The number of carbonyl (C=O) groups is 1. The standard InChI is InChI=1S/C18H38.C14H20O3/c1-3-5-7-9-11-13-15-17-18-16-14-12-10-8-6-4-2;1-9-7-10(5-6-12(15)16)8-11(13(9)17)14(2,3)4/h3-18H2,1-2H3;7-8,17H,5-6H2,1-4H3,(H,15,16). The van der Waals surface area contributed by atoms with Crippen molar-refractivity contribution in [1.82, 2.24) is 0 Å². The summed E-state index contributed by atoms with van der Waals surface area (Å²) in [6, 6.07) is 3.76. The molecular weight excluding hydrogens is 432 g/mol. The molecule has 0 heterocycles. The van der Waals surface area contributed by atoms with Crippen molar-refractivity contribution >= 4 is 5.97 Å². The number of aromatic hydroxyl groups is 1. The molecule has 1 aromatic rings. The fourth-order valence-corrected chi connectivity index (χ4v) is 4.44. The van der Waals surface area contributed by atoms with Crippen molar-refractivity contribution in [1.29, 1.82) is 0 Å². The Kier molecular flexibility index (Phi) is 19.8. The summed E-state index contributed by atoms with van der Waals surface area (Å²) in [6.07, 6.45) is 24.0. The van der Waals surface area contributed by atoms with Crippen molar-refractivity contribution in [3.63, 3.8) is 0 Å². The molecule has 0 amide bonds. The molecule has 0 unspecified atom stereocenters. The van der Waals surface area contributed by atoms with Crippen molar-refractivity contribution in [3.8, 4) is 5.75 Å². The lowest BCUT2D eigenvalue weighted by Crippen LogP contribution is -2.12. The van der Waals surface area contributed by atoms with Gasteiger partial charge in [0.2, 0.25) is 0 Å². The van der Waals surface area contributed by atoms with E-state index in [1.54, 1.807) is 0 Å². The van der Waals surface area contributed by atoms with E-state index in [2.05, 4.69) is 13.8 Å². The SMILES string of the molecule is CCCCCCCCCCCCCCCCCC.Cc1cc(CCC(=O)O)cc(C(C)(C)C)c1O. The van der Waals surface area contributed by atoms with Crippen LogP contribution in [0.25, 0.3) is 0 Å². The first kappa shape index (κ1) is 33.5. The number of rotatable bonds is 18. The Morgan fingerprint density at radius 2 is 1.09 bits per heavy atom. The van der Waals surface area contributed by atoms with E-state index in [4.69, 9.17) is 5.11 Å². The number of aryl methyl sites for hydroxylation is 2. The van der Waals surface area contributed by atoms with E-state index in [-0.39, 0.29) is 11.8 Å². The first-order valence-electron chi connectivity index (χ1n) is 14.7. The Hall–Kier alpha value is -1.51. The topological polar surface area (TPSA) is 57.5 Å². The highest BCUT2D eigenvalue weighted by Crippen LogP contribution is 2.34. The largest absolute Gasteiger partial charge is 0.507 e. The van der Waals surface area contributed by atoms with Crippen molar-refractivity contribution in [2.24, 2.45) is 0 Å². The highest BCUT2D eigenvalue weighted by atomic mass is 16.4. The Morgan fingerprint density at radius 3 is 1.40 bits per heavy atom. The van der Waals surface area contributed by atoms with Gasteiger partial charge < -0.3 is 10.2 Å². The number of hydrogen-bond donors (Lipinski definition) is 2. The summed E-state index contributed by atoms with van der Waals surface area (Å²) >= 11 is 0. The second-order valence-electron chi connectivity index (χ2n) is 11.4. The zero-order chi connectivity index (χ0) is 26.5. The van der Waals surface area contributed by atoms with Gasteiger partial charge in [0.25, 0.3) is 0 Å². The van der Waals surface area contributed by atoms with Gasteiger partial charge in [-0.05, 0) is 35.4 Å². The minimum absolute atomic E-state index is 0.119. The van der Waals surface area contributed by atoms with Gasteiger partial charge >= 0.3 is 5.97 Å². The van der Waals surface area contributed by atoms with Gasteiger partial charge in [0.15, 0.2) is 0 Å². The molecule has 0 aliphatic heterocycles. The van der Waals surface area contributed by atoms with Crippen LogP contribution in [0.2, 0.25) is 0 Å².